The topological polar surface area (TPSA) is 93.7 Å². The second-order valence-corrected chi connectivity index (χ2v) is 6.39. The molecule has 0 saturated carbocycles. The molecule has 0 radical (unpaired) electrons. The summed E-state index contributed by atoms with van der Waals surface area (Å²) in [5, 5.41) is 0. The summed E-state index contributed by atoms with van der Waals surface area (Å²) in [5.41, 5.74) is 1.97. The van der Waals surface area contributed by atoms with E-state index in [2.05, 4.69) is 0 Å². The number of benzene rings is 2. The molecule has 0 fully saturated rings. The van der Waals surface area contributed by atoms with Crippen LogP contribution in [-0.2, 0) is 10.0 Å². The van der Waals surface area contributed by atoms with Gasteiger partial charge in [-0.2, -0.15) is 0 Å². The van der Waals surface area contributed by atoms with Crippen LogP contribution in [0.3, 0.4) is 0 Å². The van der Waals surface area contributed by atoms with Gasteiger partial charge in [0.05, 0.1) is 14.2 Å². The molecule has 0 bridgehead atoms. The number of hydrogen-bond acceptors (Lipinski definition) is 5. The Hall–Kier alpha value is -2.72. The summed E-state index contributed by atoms with van der Waals surface area (Å²) in [6.07, 6.45) is 0. The smallest absolute Gasteiger partial charge is 0.266 e. The first kappa shape index (κ1) is 18.6. The summed E-state index contributed by atoms with van der Waals surface area (Å²) in [4.78, 5) is 13.0. The van der Waals surface area contributed by atoms with Gasteiger partial charge in [0.2, 0.25) is 0 Å². The van der Waals surface area contributed by atoms with Crippen LogP contribution >= 0.6 is 0 Å². The number of methoxy groups -OCH3 is 2. The molecule has 7 nitrogen and oxygen atoms in total. The van der Waals surface area contributed by atoms with Gasteiger partial charge in [-0.15, -0.1) is 4.83 Å². The number of amides is 1. The molecule has 0 atom stereocenters. The summed E-state index contributed by atoms with van der Waals surface area (Å²) in [6.45, 7) is 0. The van der Waals surface area contributed by atoms with Gasteiger partial charge >= 0.3 is 0 Å². The maximum absolute atomic E-state index is 13.6. The molecule has 0 saturated heterocycles. The predicted octanol–water partition coefficient (Wildman–Crippen LogP) is 1.61. The van der Waals surface area contributed by atoms with Gasteiger partial charge in [0.1, 0.15) is 28.0 Å². The molecule has 25 heavy (non-hydrogen) atoms. The average Bonchev–Trinajstić information content (AvgIpc) is 2.58. The molecule has 2 rings (SSSR count). The van der Waals surface area contributed by atoms with Crippen molar-refractivity contribution < 1.29 is 31.5 Å². The summed E-state index contributed by atoms with van der Waals surface area (Å²) in [6, 6.07) is 6.17. The van der Waals surface area contributed by atoms with Gasteiger partial charge in [-0.05, 0) is 24.3 Å². The molecule has 10 heteroatoms. The molecule has 0 aromatic heterocycles. The van der Waals surface area contributed by atoms with Crippen molar-refractivity contribution >= 4 is 15.9 Å². The first-order chi connectivity index (χ1) is 11.8. The van der Waals surface area contributed by atoms with Crippen LogP contribution in [0.25, 0.3) is 0 Å². The van der Waals surface area contributed by atoms with Crippen LogP contribution in [0, 0.1) is 11.6 Å². The van der Waals surface area contributed by atoms with Crippen LogP contribution in [0.15, 0.2) is 41.3 Å². The van der Waals surface area contributed by atoms with Crippen LogP contribution in [0.1, 0.15) is 10.4 Å². The summed E-state index contributed by atoms with van der Waals surface area (Å²) in [5.74, 6) is -2.41. The van der Waals surface area contributed by atoms with Gasteiger partial charge in [0.15, 0.2) is 0 Å². The predicted molar refractivity (Wildman–Crippen MR) is 83.7 cm³/mol. The number of sulfonamides is 1. The minimum atomic E-state index is -4.43. The number of rotatable bonds is 6. The number of nitrogens with one attached hydrogen (secondary N) is 2. The van der Waals surface area contributed by atoms with E-state index in [4.69, 9.17) is 9.47 Å². The van der Waals surface area contributed by atoms with Gasteiger partial charge in [-0.3, -0.25) is 10.2 Å². The minimum absolute atomic E-state index is 0.0403. The lowest BCUT2D eigenvalue weighted by atomic mass is 10.2. The van der Waals surface area contributed by atoms with Gasteiger partial charge in [0.25, 0.3) is 15.9 Å². The van der Waals surface area contributed by atoms with E-state index in [1.54, 1.807) is 4.83 Å². The maximum Gasteiger partial charge on any atom is 0.266 e. The van der Waals surface area contributed by atoms with Crippen LogP contribution in [-0.4, -0.2) is 28.5 Å². The van der Waals surface area contributed by atoms with E-state index in [0.29, 0.717) is 17.6 Å². The first-order valence-electron chi connectivity index (χ1n) is 6.77. The maximum atomic E-state index is 13.6. The zero-order chi connectivity index (χ0) is 18.6. The number of carbonyl (C=O) groups is 1. The highest BCUT2D eigenvalue weighted by Gasteiger charge is 2.21. The van der Waals surface area contributed by atoms with E-state index in [1.165, 1.54) is 32.4 Å². The van der Waals surface area contributed by atoms with Gasteiger partial charge in [-0.25, -0.2) is 17.2 Å². The fourth-order valence-electron chi connectivity index (χ4n) is 1.87. The molecule has 0 aliphatic heterocycles. The number of hydrogen-bond donors (Lipinski definition) is 2. The molecule has 0 spiro atoms. The monoisotopic (exact) mass is 372 g/mol. The molecule has 0 aliphatic carbocycles. The van der Waals surface area contributed by atoms with E-state index in [1.807, 2.05) is 5.43 Å². The van der Waals surface area contributed by atoms with Crippen molar-refractivity contribution in [2.24, 2.45) is 0 Å². The fourth-order valence-corrected chi connectivity index (χ4v) is 2.77. The molecular formula is C15H14F2N2O5S. The second kappa shape index (κ2) is 7.45. The molecule has 0 unspecified atom stereocenters. The third-order valence-corrected chi connectivity index (χ3v) is 4.38. The van der Waals surface area contributed by atoms with E-state index in [0.717, 1.165) is 12.1 Å². The second-order valence-electron chi connectivity index (χ2n) is 4.74. The van der Waals surface area contributed by atoms with Crippen LogP contribution < -0.4 is 19.7 Å². The van der Waals surface area contributed by atoms with E-state index in [9.17, 15) is 22.0 Å². The minimum Gasteiger partial charge on any atom is -0.497 e. The van der Waals surface area contributed by atoms with Crippen molar-refractivity contribution in [3.63, 3.8) is 0 Å². The quantitative estimate of drug-likeness (QED) is 0.752. The fraction of sp³-hybridized carbons (Fsp3) is 0.133. The van der Waals surface area contributed by atoms with Crippen LogP contribution in [0.4, 0.5) is 8.78 Å². The lowest BCUT2D eigenvalue weighted by Crippen LogP contribution is -2.41. The molecule has 0 heterocycles. The largest absolute Gasteiger partial charge is 0.497 e. The number of hydrazine groups is 1. The highest BCUT2D eigenvalue weighted by molar-refractivity contribution is 7.89. The van der Waals surface area contributed by atoms with Crippen LogP contribution in [0.2, 0.25) is 0 Å². The van der Waals surface area contributed by atoms with Gasteiger partial charge in [0, 0.05) is 17.7 Å². The molecule has 0 aliphatic rings. The average molecular weight is 372 g/mol. The Bertz CT molecular complexity index is 881. The normalized spacial score (nSPS) is 11.0. The van der Waals surface area contributed by atoms with E-state index < -0.39 is 32.5 Å². The zero-order valence-corrected chi connectivity index (χ0v) is 14.0. The number of carbonyl (C=O) groups excluding carboxylic acids is 1. The van der Waals surface area contributed by atoms with Crippen LogP contribution in [0.5, 0.6) is 11.5 Å². The Morgan fingerprint density at radius 2 is 1.60 bits per heavy atom. The standard InChI is InChI=1S/C15H14F2N2O5S/c1-23-11-5-9(6-12(8-11)24-2)15(20)18-19-25(21,22)14-4-3-10(16)7-13(14)17/h3-8,19H,1-2H3,(H,18,20). The van der Waals surface area contributed by atoms with Crippen molar-refractivity contribution in [1.29, 1.82) is 0 Å². The van der Waals surface area contributed by atoms with Crippen molar-refractivity contribution in [3.8, 4) is 11.5 Å². The molecule has 2 N–H and O–H groups in total. The number of ether oxygens (including phenoxy) is 2. The third-order valence-electron chi connectivity index (χ3n) is 3.10. The molecular weight excluding hydrogens is 358 g/mol. The molecule has 1 amide bonds. The lowest BCUT2D eigenvalue weighted by molar-refractivity contribution is 0.0944. The Morgan fingerprint density at radius 3 is 2.12 bits per heavy atom. The Kier molecular flexibility index (Phi) is 5.55. The highest BCUT2D eigenvalue weighted by Crippen LogP contribution is 2.22. The Labute approximate surface area is 142 Å². The van der Waals surface area contributed by atoms with Gasteiger partial charge < -0.3 is 9.47 Å². The SMILES string of the molecule is COc1cc(OC)cc(C(=O)NNS(=O)(=O)c2ccc(F)cc2F)c1. The highest BCUT2D eigenvalue weighted by atomic mass is 32.2. The third kappa shape index (κ3) is 4.43. The molecule has 2 aromatic rings. The van der Waals surface area contributed by atoms with Crippen molar-refractivity contribution in [2.45, 2.75) is 4.90 Å². The zero-order valence-electron chi connectivity index (χ0n) is 13.2. The van der Waals surface area contributed by atoms with Gasteiger partial charge in [-0.1, -0.05) is 0 Å². The summed E-state index contributed by atoms with van der Waals surface area (Å²) in [7, 11) is -1.66. The van der Waals surface area contributed by atoms with Crippen molar-refractivity contribution in [2.75, 3.05) is 14.2 Å². The van der Waals surface area contributed by atoms with Crippen molar-refractivity contribution in [3.05, 3.63) is 53.6 Å². The summed E-state index contributed by atoms with van der Waals surface area (Å²) < 4.78 is 60.5. The molecule has 2 aromatic carbocycles. The van der Waals surface area contributed by atoms with E-state index in [-0.39, 0.29) is 5.56 Å². The number of halogens is 2. The first-order valence-corrected chi connectivity index (χ1v) is 8.25. The summed E-state index contributed by atoms with van der Waals surface area (Å²) >= 11 is 0. The lowest BCUT2D eigenvalue weighted by Gasteiger charge is -2.11. The Balaban J connectivity index is 2.19. The van der Waals surface area contributed by atoms with Crippen molar-refractivity contribution in [1.82, 2.24) is 10.3 Å². The van der Waals surface area contributed by atoms with E-state index >= 15 is 0 Å². The Morgan fingerprint density at radius 1 is 1.00 bits per heavy atom. The molecule has 134 valence electrons.